The summed E-state index contributed by atoms with van der Waals surface area (Å²) in [6.45, 7) is 1.69. The zero-order valence-electron chi connectivity index (χ0n) is 14.0. The highest BCUT2D eigenvalue weighted by Crippen LogP contribution is 2.35. The number of aliphatic carboxylic acids is 1. The van der Waals surface area contributed by atoms with E-state index in [1.165, 1.54) is 11.7 Å². The van der Waals surface area contributed by atoms with Gasteiger partial charge in [0.05, 0.1) is 17.6 Å². The van der Waals surface area contributed by atoms with Gasteiger partial charge in [-0.3, -0.25) is 9.36 Å². The maximum absolute atomic E-state index is 13.0. The molecule has 0 aliphatic rings. The Morgan fingerprint density at radius 1 is 1.15 bits per heavy atom. The van der Waals surface area contributed by atoms with Gasteiger partial charge in [-0.1, -0.05) is 23.2 Å². The Morgan fingerprint density at radius 3 is 2.38 bits per heavy atom. The molecule has 0 amide bonds. The van der Waals surface area contributed by atoms with E-state index in [0.29, 0.717) is 43.5 Å². The molecule has 1 aromatic heterocycles. The summed E-state index contributed by atoms with van der Waals surface area (Å²) in [5.41, 5.74) is 1.91. The van der Waals surface area contributed by atoms with Gasteiger partial charge in [-0.15, -0.1) is 0 Å². The normalized spacial score (nSPS) is 10.9. The van der Waals surface area contributed by atoms with Crippen molar-refractivity contribution in [3.63, 3.8) is 0 Å². The smallest absolute Gasteiger partial charge is 0.262 e. The van der Waals surface area contributed by atoms with E-state index in [0.717, 1.165) is 0 Å². The summed E-state index contributed by atoms with van der Waals surface area (Å²) in [5, 5.41) is 12.6. The fourth-order valence-electron chi connectivity index (χ4n) is 2.99. The summed E-state index contributed by atoms with van der Waals surface area (Å²) in [7, 11) is 1.47. The second-order valence-corrected chi connectivity index (χ2v) is 6.61. The number of methoxy groups -OCH3 is 1. The van der Waals surface area contributed by atoms with E-state index < -0.39 is 5.97 Å². The SMILES string of the molecule is COc1cc2c(CC(=O)[O-])c(C)n(C(=O)c3ccc(Cl)cc3)c2cc1Cl. The molecule has 0 aliphatic carbocycles. The number of carbonyl (C=O) groups excluding carboxylic acids is 2. The molecule has 134 valence electrons. The standard InChI is InChI=1S/C19H15Cl2NO4/c1-10-13(8-18(23)24)14-7-17(26-2)15(21)9-16(14)22(10)19(25)11-3-5-12(20)6-4-11/h3-7,9H,8H2,1-2H3,(H,23,24)/p-1. The minimum atomic E-state index is -1.24. The molecule has 0 saturated heterocycles. The number of halogens is 2. The highest BCUT2D eigenvalue weighted by atomic mass is 35.5. The van der Waals surface area contributed by atoms with Crippen molar-refractivity contribution < 1.29 is 19.4 Å². The van der Waals surface area contributed by atoms with Crippen molar-refractivity contribution >= 4 is 46.0 Å². The number of aromatic nitrogens is 1. The molecular weight excluding hydrogens is 377 g/mol. The number of carboxylic acid groups (broad SMARTS) is 1. The molecule has 0 bridgehead atoms. The first-order valence-corrected chi connectivity index (χ1v) is 8.46. The number of fused-ring (bicyclic) bond motifs is 1. The summed E-state index contributed by atoms with van der Waals surface area (Å²) in [4.78, 5) is 24.2. The topological polar surface area (TPSA) is 71.4 Å². The number of rotatable bonds is 4. The van der Waals surface area contributed by atoms with Gasteiger partial charge >= 0.3 is 0 Å². The molecule has 26 heavy (non-hydrogen) atoms. The summed E-state index contributed by atoms with van der Waals surface area (Å²) in [5.74, 6) is -1.15. The molecule has 0 aliphatic heterocycles. The van der Waals surface area contributed by atoms with E-state index in [2.05, 4.69) is 0 Å². The summed E-state index contributed by atoms with van der Waals surface area (Å²) < 4.78 is 6.66. The fourth-order valence-corrected chi connectivity index (χ4v) is 3.35. The van der Waals surface area contributed by atoms with E-state index in [4.69, 9.17) is 27.9 Å². The number of carboxylic acids is 1. The van der Waals surface area contributed by atoms with Crippen LogP contribution in [0.15, 0.2) is 36.4 Å². The predicted molar refractivity (Wildman–Crippen MR) is 98.1 cm³/mol. The molecule has 0 fully saturated rings. The molecule has 0 atom stereocenters. The molecule has 0 radical (unpaired) electrons. The Kier molecular flexibility index (Phi) is 4.94. The Balaban J connectivity index is 2.28. The summed E-state index contributed by atoms with van der Waals surface area (Å²) in [6.07, 6.45) is -0.325. The maximum Gasteiger partial charge on any atom is 0.262 e. The highest BCUT2D eigenvalue weighted by Gasteiger charge is 2.21. The van der Waals surface area contributed by atoms with Crippen LogP contribution in [-0.4, -0.2) is 23.6 Å². The molecule has 2 aromatic carbocycles. The monoisotopic (exact) mass is 390 g/mol. The summed E-state index contributed by atoms with van der Waals surface area (Å²) >= 11 is 12.1. The van der Waals surface area contributed by atoms with Crippen LogP contribution < -0.4 is 9.84 Å². The van der Waals surface area contributed by atoms with Crippen LogP contribution in [0.25, 0.3) is 10.9 Å². The van der Waals surface area contributed by atoms with Crippen LogP contribution in [0.2, 0.25) is 10.0 Å². The Labute approximate surface area is 159 Å². The fraction of sp³-hybridized carbons (Fsp3) is 0.158. The van der Waals surface area contributed by atoms with Crippen LogP contribution in [0.4, 0.5) is 0 Å². The molecule has 1 heterocycles. The number of hydrogen-bond donors (Lipinski definition) is 0. The first-order chi connectivity index (χ1) is 12.3. The molecule has 0 saturated carbocycles. The minimum Gasteiger partial charge on any atom is -0.550 e. The van der Waals surface area contributed by atoms with Crippen LogP contribution in [0.1, 0.15) is 21.6 Å². The third kappa shape index (κ3) is 3.16. The number of nitrogens with zero attached hydrogens (tertiary/aromatic N) is 1. The lowest BCUT2D eigenvalue weighted by atomic mass is 10.1. The third-order valence-corrected chi connectivity index (χ3v) is 4.77. The van der Waals surface area contributed by atoms with Crippen molar-refractivity contribution in [3.05, 3.63) is 63.3 Å². The molecule has 7 heteroatoms. The van der Waals surface area contributed by atoms with Gasteiger partial charge in [0.2, 0.25) is 0 Å². The zero-order chi connectivity index (χ0) is 19.0. The van der Waals surface area contributed by atoms with Gasteiger partial charge in [0.15, 0.2) is 0 Å². The van der Waals surface area contributed by atoms with E-state index in [9.17, 15) is 14.7 Å². The van der Waals surface area contributed by atoms with Crippen molar-refractivity contribution in [2.24, 2.45) is 0 Å². The molecule has 3 rings (SSSR count). The van der Waals surface area contributed by atoms with Gasteiger partial charge in [-0.25, -0.2) is 0 Å². The molecule has 5 nitrogen and oxygen atoms in total. The van der Waals surface area contributed by atoms with Gasteiger partial charge in [0.25, 0.3) is 5.91 Å². The van der Waals surface area contributed by atoms with Gasteiger partial charge < -0.3 is 14.6 Å². The van der Waals surface area contributed by atoms with Crippen LogP contribution >= 0.6 is 23.2 Å². The highest BCUT2D eigenvalue weighted by molar-refractivity contribution is 6.33. The first kappa shape index (κ1) is 18.3. The zero-order valence-corrected chi connectivity index (χ0v) is 15.5. The predicted octanol–water partition coefficient (Wildman–Crippen LogP) is 3.25. The molecular formula is C19H14Cl2NO4-. The van der Waals surface area contributed by atoms with Crippen LogP contribution in [0.5, 0.6) is 5.75 Å². The third-order valence-electron chi connectivity index (χ3n) is 4.22. The average Bonchev–Trinajstić information content (AvgIpc) is 2.85. The maximum atomic E-state index is 13.0. The summed E-state index contributed by atoms with van der Waals surface area (Å²) in [6, 6.07) is 9.69. The Morgan fingerprint density at radius 2 is 1.81 bits per heavy atom. The van der Waals surface area contributed by atoms with Gasteiger partial charge in [-0.05, 0) is 48.9 Å². The number of hydrogen-bond acceptors (Lipinski definition) is 4. The number of ether oxygens (including phenoxy) is 1. The lowest BCUT2D eigenvalue weighted by Crippen LogP contribution is -2.24. The van der Waals surface area contributed by atoms with Crippen LogP contribution in [0.3, 0.4) is 0 Å². The first-order valence-electron chi connectivity index (χ1n) is 7.71. The van der Waals surface area contributed by atoms with Crippen molar-refractivity contribution in [1.29, 1.82) is 0 Å². The van der Waals surface area contributed by atoms with Crippen molar-refractivity contribution in [2.45, 2.75) is 13.3 Å². The van der Waals surface area contributed by atoms with Crippen LogP contribution in [0, 0.1) is 6.92 Å². The molecule has 0 unspecified atom stereocenters. The number of benzene rings is 2. The van der Waals surface area contributed by atoms with Gasteiger partial charge in [-0.2, -0.15) is 0 Å². The van der Waals surface area contributed by atoms with E-state index in [1.807, 2.05) is 0 Å². The lowest BCUT2D eigenvalue weighted by Gasteiger charge is -2.09. The van der Waals surface area contributed by atoms with Gasteiger partial charge in [0.1, 0.15) is 5.75 Å². The number of carbonyl (C=O) groups is 2. The second-order valence-electron chi connectivity index (χ2n) is 5.76. The lowest BCUT2D eigenvalue weighted by molar-refractivity contribution is -0.304. The molecule has 0 spiro atoms. The minimum absolute atomic E-state index is 0.310. The van der Waals surface area contributed by atoms with Crippen LogP contribution in [-0.2, 0) is 11.2 Å². The van der Waals surface area contributed by atoms with E-state index in [-0.39, 0.29) is 12.3 Å². The average molecular weight is 391 g/mol. The quantitative estimate of drug-likeness (QED) is 0.685. The molecule has 0 N–H and O–H groups in total. The Hall–Kier alpha value is -2.50. The Bertz CT molecular complexity index is 1020. The largest absolute Gasteiger partial charge is 0.550 e. The van der Waals surface area contributed by atoms with Crippen molar-refractivity contribution in [1.82, 2.24) is 4.57 Å². The van der Waals surface area contributed by atoms with E-state index >= 15 is 0 Å². The second kappa shape index (κ2) is 7.02. The van der Waals surface area contributed by atoms with Gasteiger partial charge in [0, 0.05) is 34.1 Å². The van der Waals surface area contributed by atoms with Crippen molar-refractivity contribution in [2.75, 3.05) is 7.11 Å². The van der Waals surface area contributed by atoms with E-state index in [1.54, 1.807) is 43.3 Å². The molecule has 3 aromatic rings. The van der Waals surface area contributed by atoms with Crippen molar-refractivity contribution in [3.8, 4) is 5.75 Å².